The van der Waals surface area contributed by atoms with Crippen molar-refractivity contribution in [3.63, 3.8) is 0 Å². The second-order valence-electron chi connectivity index (χ2n) is 3.79. The zero-order chi connectivity index (χ0) is 11.5. The Labute approximate surface area is 99.8 Å². The predicted octanol–water partition coefficient (Wildman–Crippen LogP) is 1.91. The van der Waals surface area contributed by atoms with Crippen LogP contribution in [0.2, 0.25) is 5.28 Å². The van der Waals surface area contributed by atoms with Crippen LogP contribution in [0, 0.1) is 0 Å². The van der Waals surface area contributed by atoms with Crippen molar-refractivity contribution in [2.24, 2.45) is 0 Å². The largest absolute Gasteiger partial charge is 0.467 e. The lowest BCUT2D eigenvalue weighted by molar-refractivity contribution is 0.377. The third-order valence-corrected chi connectivity index (χ3v) is 3.03. The quantitative estimate of drug-likeness (QED) is 0.811. The van der Waals surface area contributed by atoms with Crippen molar-refractivity contribution in [3.8, 4) is 6.01 Å². The molecule has 0 bridgehead atoms. The van der Waals surface area contributed by atoms with Crippen LogP contribution in [0.25, 0.3) is 0 Å². The van der Waals surface area contributed by atoms with Crippen molar-refractivity contribution in [1.82, 2.24) is 15.0 Å². The first-order valence-corrected chi connectivity index (χ1v) is 5.84. The van der Waals surface area contributed by atoms with Crippen molar-refractivity contribution in [2.45, 2.75) is 32.2 Å². The molecule has 1 aliphatic heterocycles. The van der Waals surface area contributed by atoms with Gasteiger partial charge in [-0.25, -0.2) is 0 Å². The predicted molar refractivity (Wildman–Crippen MR) is 62.0 cm³/mol. The lowest BCUT2D eigenvalue weighted by atomic mass is 10.2. The van der Waals surface area contributed by atoms with Crippen LogP contribution in [0.15, 0.2) is 0 Å². The fourth-order valence-corrected chi connectivity index (χ4v) is 2.21. The van der Waals surface area contributed by atoms with Gasteiger partial charge in [0.1, 0.15) is 0 Å². The van der Waals surface area contributed by atoms with E-state index in [1.165, 1.54) is 20.0 Å². The fraction of sp³-hybridized carbons (Fsp3) is 0.700. The number of aromatic nitrogens is 3. The standard InChI is InChI=1S/C10H15ClN4O/c1-3-7-5-4-6-15(7)9-12-8(11)13-10(14-9)16-2/h7H,3-6H2,1-2H3. The number of halogens is 1. The molecule has 2 heterocycles. The van der Waals surface area contributed by atoms with Gasteiger partial charge in [-0.05, 0) is 30.9 Å². The number of rotatable bonds is 3. The number of hydrogen-bond acceptors (Lipinski definition) is 5. The maximum Gasteiger partial charge on any atom is 0.322 e. The molecule has 0 N–H and O–H groups in total. The van der Waals surface area contributed by atoms with E-state index >= 15 is 0 Å². The third kappa shape index (κ3) is 2.19. The topological polar surface area (TPSA) is 51.1 Å². The Kier molecular flexibility index (Phi) is 3.43. The number of nitrogens with zero attached hydrogens (tertiary/aromatic N) is 4. The highest BCUT2D eigenvalue weighted by molar-refractivity contribution is 6.28. The van der Waals surface area contributed by atoms with E-state index in [9.17, 15) is 0 Å². The molecule has 0 aliphatic carbocycles. The lowest BCUT2D eigenvalue weighted by Gasteiger charge is -2.23. The molecule has 2 rings (SSSR count). The van der Waals surface area contributed by atoms with Crippen LogP contribution in [0.1, 0.15) is 26.2 Å². The van der Waals surface area contributed by atoms with Crippen LogP contribution in [-0.2, 0) is 0 Å². The molecule has 1 aromatic heterocycles. The van der Waals surface area contributed by atoms with E-state index < -0.39 is 0 Å². The number of ether oxygens (including phenoxy) is 1. The Hall–Kier alpha value is -1.10. The molecule has 1 fully saturated rings. The Bertz CT molecular complexity index is 374. The molecule has 6 heteroatoms. The maximum atomic E-state index is 5.83. The van der Waals surface area contributed by atoms with E-state index in [0.717, 1.165) is 13.0 Å². The lowest BCUT2D eigenvalue weighted by Crippen LogP contribution is -2.30. The minimum absolute atomic E-state index is 0.184. The third-order valence-electron chi connectivity index (χ3n) is 2.86. The van der Waals surface area contributed by atoms with Crippen molar-refractivity contribution >= 4 is 17.5 Å². The van der Waals surface area contributed by atoms with Crippen molar-refractivity contribution in [2.75, 3.05) is 18.6 Å². The van der Waals surface area contributed by atoms with Crippen LogP contribution in [0.4, 0.5) is 5.95 Å². The zero-order valence-corrected chi connectivity index (χ0v) is 10.2. The van der Waals surface area contributed by atoms with Crippen molar-refractivity contribution < 1.29 is 4.74 Å². The van der Waals surface area contributed by atoms with Crippen LogP contribution >= 0.6 is 11.6 Å². The van der Waals surface area contributed by atoms with E-state index in [1.807, 2.05) is 0 Å². The second-order valence-corrected chi connectivity index (χ2v) is 4.13. The highest BCUT2D eigenvalue weighted by Gasteiger charge is 2.26. The minimum Gasteiger partial charge on any atom is -0.467 e. The van der Waals surface area contributed by atoms with E-state index in [4.69, 9.17) is 16.3 Å². The van der Waals surface area contributed by atoms with Gasteiger partial charge in [0.2, 0.25) is 11.2 Å². The van der Waals surface area contributed by atoms with Crippen LogP contribution in [0.5, 0.6) is 6.01 Å². The summed E-state index contributed by atoms with van der Waals surface area (Å²) < 4.78 is 4.99. The summed E-state index contributed by atoms with van der Waals surface area (Å²) >= 11 is 5.83. The van der Waals surface area contributed by atoms with Crippen molar-refractivity contribution in [1.29, 1.82) is 0 Å². The summed E-state index contributed by atoms with van der Waals surface area (Å²) in [4.78, 5) is 14.4. The maximum absolute atomic E-state index is 5.83. The summed E-state index contributed by atoms with van der Waals surface area (Å²) in [7, 11) is 1.52. The Balaban J connectivity index is 2.28. The van der Waals surface area contributed by atoms with E-state index in [2.05, 4.69) is 26.8 Å². The molecule has 88 valence electrons. The highest BCUT2D eigenvalue weighted by Crippen LogP contribution is 2.25. The first kappa shape index (κ1) is 11.4. The second kappa shape index (κ2) is 4.82. The Morgan fingerprint density at radius 2 is 2.25 bits per heavy atom. The van der Waals surface area contributed by atoms with Gasteiger partial charge in [0.15, 0.2) is 0 Å². The Morgan fingerprint density at radius 1 is 1.44 bits per heavy atom. The molecule has 5 nitrogen and oxygen atoms in total. The molecule has 0 saturated carbocycles. The SMILES string of the molecule is CCC1CCCN1c1nc(Cl)nc(OC)n1. The minimum atomic E-state index is 0.184. The molecule has 1 atom stereocenters. The van der Waals surface area contributed by atoms with Gasteiger partial charge in [0.05, 0.1) is 7.11 Å². The van der Waals surface area contributed by atoms with Gasteiger partial charge >= 0.3 is 6.01 Å². The molecule has 16 heavy (non-hydrogen) atoms. The van der Waals surface area contributed by atoms with Gasteiger partial charge in [-0.2, -0.15) is 15.0 Å². The van der Waals surface area contributed by atoms with E-state index in [0.29, 0.717) is 12.0 Å². The molecule has 1 saturated heterocycles. The summed E-state index contributed by atoms with van der Waals surface area (Å²) in [5.74, 6) is 0.626. The number of methoxy groups -OCH3 is 1. The summed E-state index contributed by atoms with van der Waals surface area (Å²) in [5, 5.41) is 0.184. The molecule has 0 amide bonds. The zero-order valence-electron chi connectivity index (χ0n) is 9.48. The Morgan fingerprint density at radius 3 is 2.94 bits per heavy atom. The summed E-state index contributed by atoms with van der Waals surface area (Å²) in [6.07, 6.45) is 3.44. The van der Waals surface area contributed by atoms with E-state index in [-0.39, 0.29) is 11.3 Å². The van der Waals surface area contributed by atoms with Crippen LogP contribution < -0.4 is 9.64 Å². The average Bonchev–Trinajstić information content (AvgIpc) is 2.76. The average molecular weight is 243 g/mol. The van der Waals surface area contributed by atoms with E-state index in [1.54, 1.807) is 0 Å². The number of anilines is 1. The number of hydrogen-bond donors (Lipinski definition) is 0. The van der Waals surface area contributed by atoms with Gasteiger partial charge in [0.25, 0.3) is 0 Å². The molecule has 1 aliphatic rings. The summed E-state index contributed by atoms with van der Waals surface area (Å²) in [5.41, 5.74) is 0. The first-order valence-electron chi connectivity index (χ1n) is 5.46. The fourth-order valence-electron chi connectivity index (χ4n) is 2.07. The smallest absolute Gasteiger partial charge is 0.322 e. The molecular formula is C10H15ClN4O. The van der Waals surface area contributed by atoms with Gasteiger partial charge < -0.3 is 9.64 Å². The van der Waals surface area contributed by atoms with Gasteiger partial charge in [-0.3, -0.25) is 0 Å². The normalized spacial score (nSPS) is 20.2. The molecule has 0 aromatic carbocycles. The highest BCUT2D eigenvalue weighted by atomic mass is 35.5. The molecule has 1 aromatic rings. The summed E-state index contributed by atoms with van der Waals surface area (Å²) in [6.45, 7) is 3.14. The molecular weight excluding hydrogens is 228 g/mol. The molecule has 0 radical (unpaired) electrons. The monoisotopic (exact) mass is 242 g/mol. The molecule has 1 unspecified atom stereocenters. The van der Waals surface area contributed by atoms with Gasteiger partial charge in [-0.1, -0.05) is 6.92 Å². The van der Waals surface area contributed by atoms with Gasteiger partial charge in [0, 0.05) is 12.6 Å². The molecule has 0 spiro atoms. The van der Waals surface area contributed by atoms with Crippen LogP contribution in [-0.4, -0.2) is 34.6 Å². The van der Waals surface area contributed by atoms with Crippen LogP contribution in [0.3, 0.4) is 0 Å². The van der Waals surface area contributed by atoms with Crippen molar-refractivity contribution in [3.05, 3.63) is 5.28 Å². The summed E-state index contributed by atoms with van der Waals surface area (Å²) in [6, 6.07) is 0.778. The first-order chi connectivity index (χ1) is 7.74. The van der Waals surface area contributed by atoms with Gasteiger partial charge in [-0.15, -0.1) is 0 Å².